The molecule has 1 aromatic rings. The second-order valence-corrected chi connectivity index (χ2v) is 3.85. The molecule has 0 N–H and O–H groups in total. The topological polar surface area (TPSA) is 36.3 Å². The van der Waals surface area contributed by atoms with Crippen LogP contribution in [0.4, 0.5) is 0 Å². The third kappa shape index (κ3) is 2.92. The van der Waals surface area contributed by atoms with Crippen molar-refractivity contribution < 1.29 is 4.74 Å². The van der Waals surface area contributed by atoms with E-state index in [0.717, 1.165) is 5.56 Å². The summed E-state index contributed by atoms with van der Waals surface area (Å²) in [5.41, 5.74) is 0.798. The molecule has 0 aliphatic heterocycles. The first-order valence-corrected chi connectivity index (χ1v) is 4.97. The van der Waals surface area contributed by atoms with Gasteiger partial charge in [0.2, 0.25) is 0 Å². The average molecular weight is 245 g/mol. The molecule has 0 unspecified atom stereocenters. The molecule has 0 aliphatic rings. The van der Waals surface area contributed by atoms with Gasteiger partial charge in [-0.15, -0.1) is 0 Å². The highest BCUT2D eigenvalue weighted by atomic mass is 35.5. The van der Waals surface area contributed by atoms with Crippen LogP contribution in [-0.2, 0) is 6.54 Å². The molecule has 15 heavy (non-hydrogen) atoms. The maximum atomic E-state index is 8.63. The van der Waals surface area contributed by atoms with Gasteiger partial charge < -0.3 is 9.64 Å². The number of nitrogens with zero attached hydrogens (tertiary/aromatic N) is 2. The molecule has 0 saturated carbocycles. The number of rotatable bonds is 3. The molecule has 0 saturated heterocycles. The summed E-state index contributed by atoms with van der Waals surface area (Å²) >= 11 is 11.9. The second-order valence-electron chi connectivity index (χ2n) is 3.03. The maximum absolute atomic E-state index is 8.63. The van der Waals surface area contributed by atoms with E-state index in [1.165, 1.54) is 12.0 Å². The molecule has 0 aliphatic carbocycles. The quantitative estimate of drug-likeness (QED) is 0.606. The number of ether oxygens (including phenoxy) is 1. The molecular weight excluding hydrogens is 235 g/mol. The van der Waals surface area contributed by atoms with E-state index in [1.54, 1.807) is 19.2 Å². The third-order valence-corrected chi connectivity index (χ3v) is 2.55. The number of nitriles is 1. The fourth-order valence-corrected chi connectivity index (χ4v) is 1.62. The van der Waals surface area contributed by atoms with E-state index in [0.29, 0.717) is 22.3 Å². The highest BCUT2D eigenvalue weighted by Gasteiger charge is 2.08. The summed E-state index contributed by atoms with van der Waals surface area (Å²) in [6.07, 6.45) is 1.99. The minimum Gasteiger partial charge on any atom is -0.495 e. The summed E-state index contributed by atoms with van der Waals surface area (Å²) in [4.78, 5) is 1.46. The summed E-state index contributed by atoms with van der Waals surface area (Å²) in [7, 11) is 3.20. The van der Waals surface area contributed by atoms with Crippen molar-refractivity contribution in [2.24, 2.45) is 0 Å². The first kappa shape index (κ1) is 12.0. The maximum Gasteiger partial charge on any atom is 0.179 e. The minimum absolute atomic E-state index is 0.430. The Labute approximate surface area is 98.8 Å². The third-order valence-electron chi connectivity index (χ3n) is 1.90. The van der Waals surface area contributed by atoms with Gasteiger partial charge >= 0.3 is 0 Å². The lowest BCUT2D eigenvalue weighted by Crippen LogP contribution is -2.10. The lowest BCUT2D eigenvalue weighted by molar-refractivity contribution is 0.414. The standard InChI is InChI=1S/C10H10Cl2N2O/c1-14(6-13)5-7-3-9(12)10(15-2)4-8(7)11/h3-4H,5H2,1-2H3. The van der Waals surface area contributed by atoms with E-state index < -0.39 is 0 Å². The lowest BCUT2D eigenvalue weighted by Gasteiger charge is -2.12. The van der Waals surface area contributed by atoms with E-state index in [2.05, 4.69) is 0 Å². The summed E-state index contributed by atoms with van der Waals surface area (Å²) in [6.45, 7) is 0.430. The molecule has 3 nitrogen and oxygen atoms in total. The number of hydrogen-bond donors (Lipinski definition) is 0. The highest BCUT2D eigenvalue weighted by molar-refractivity contribution is 6.34. The highest BCUT2D eigenvalue weighted by Crippen LogP contribution is 2.31. The van der Waals surface area contributed by atoms with Gasteiger partial charge in [0.15, 0.2) is 6.19 Å². The molecule has 0 fully saturated rings. The van der Waals surface area contributed by atoms with Gasteiger partial charge in [-0.1, -0.05) is 23.2 Å². The van der Waals surface area contributed by atoms with Gasteiger partial charge in [-0.3, -0.25) is 0 Å². The van der Waals surface area contributed by atoms with Crippen molar-refractivity contribution in [1.82, 2.24) is 4.90 Å². The molecule has 0 aromatic heterocycles. The van der Waals surface area contributed by atoms with Crippen molar-refractivity contribution in [3.63, 3.8) is 0 Å². The van der Waals surface area contributed by atoms with Gasteiger partial charge in [0, 0.05) is 18.1 Å². The zero-order chi connectivity index (χ0) is 11.4. The molecule has 0 heterocycles. The number of benzene rings is 1. The summed E-state index contributed by atoms with van der Waals surface area (Å²) < 4.78 is 5.02. The van der Waals surface area contributed by atoms with E-state index in [1.807, 2.05) is 6.19 Å². The van der Waals surface area contributed by atoms with Gasteiger partial charge in [-0.25, -0.2) is 0 Å². The van der Waals surface area contributed by atoms with E-state index >= 15 is 0 Å². The van der Waals surface area contributed by atoms with Crippen molar-refractivity contribution in [1.29, 1.82) is 5.26 Å². The van der Waals surface area contributed by atoms with Crippen LogP contribution in [0.3, 0.4) is 0 Å². The molecule has 0 bridgehead atoms. The Morgan fingerprint density at radius 2 is 2.07 bits per heavy atom. The second kappa shape index (κ2) is 5.11. The van der Waals surface area contributed by atoms with Crippen molar-refractivity contribution >= 4 is 23.2 Å². The van der Waals surface area contributed by atoms with Crippen LogP contribution in [0.5, 0.6) is 5.75 Å². The Morgan fingerprint density at radius 1 is 1.40 bits per heavy atom. The van der Waals surface area contributed by atoms with Crippen molar-refractivity contribution in [3.05, 3.63) is 27.7 Å². The van der Waals surface area contributed by atoms with Crippen LogP contribution in [0.2, 0.25) is 10.0 Å². The van der Waals surface area contributed by atoms with Crippen LogP contribution in [0.1, 0.15) is 5.56 Å². The van der Waals surface area contributed by atoms with Crippen molar-refractivity contribution in [3.8, 4) is 11.9 Å². The predicted octanol–water partition coefficient (Wildman–Crippen LogP) is 2.91. The van der Waals surface area contributed by atoms with Crippen LogP contribution in [0.25, 0.3) is 0 Å². The zero-order valence-electron chi connectivity index (χ0n) is 8.42. The van der Waals surface area contributed by atoms with Crippen LogP contribution in [-0.4, -0.2) is 19.1 Å². The Balaban J connectivity index is 3.01. The molecule has 1 rings (SSSR count). The Morgan fingerprint density at radius 3 is 2.60 bits per heavy atom. The van der Waals surface area contributed by atoms with Crippen LogP contribution >= 0.6 is 23.2 Å². The monoisotopic (exact) mass is 244 g/mol. The van der Waals surface area contributed by atoms with Gasteiger partial charge in [-0.2, -0.15) is 5.26 Å². The fraction of sp³-hybridized carbons (Fsp3) is 0.300. The first-order chi connectivity index (χ1) is 7.08. The molecule has 0 atom stereocenters. The van der Waals surface area contributed by atoms with Crippen molar-refractivity contribution in [2.45, 2.75) is 6.54 Å². The molecule has 0 spiro atoms. The first-order valence-electron chi connectivity index (χ1n) is 4.21. The normalized spacial score (nSPS) is 9.53. The van der Waals surface area contributed by atoms with Gasteiger partial charge in [0.1, 0.15) is 5.75 Å². The van der Waals surface area contributed by atoms with Gasteiger partial charge in [0.25, 0.3) is 0 Å². The average Bonchev–Trinajstić information content (AvgIpc) is 2.22. The van der Waals surface area contributed by atoms with Gasteiger partial charge in [0.05, 0.1) is 18.7 Å². The minimum atomic E-state index is 0.430. The largest absolute Gasteiger partial charge is 0.495 e. The number of halogens is 2. The van der Waals surface area contributed by atoms with E-state index in [-0.39, 0.29) is 0 Å². The number of methoxy groups -OCH3 is 1. The van der Waals surface area contributed by atoms with Crippen LogP contribution < -0.4 is 4.74 Å². The molecule has 1 aromatic carbocycles. The molecule has 0 amide bonds. The van der Waals surface area contributed by atoms with Crippen molar-refractivity contribution in [2.75, 3.05) is 14.2 Å². The smallest absolute Gasteiger partial charge is 0.179 e. The Hall–Kier alpha value is -1.11. The number of hydrogen-bond acceptors (Lipinski definition) is 3. The molecule has 5 heteroatoms. The van der Waals surface area contributed by atoms with Crippen LogP contribution in [0.15, 0.2) is 12.1 Å². The Bertz CT molecular complexity index is 401. The Kier molecular flexibility index (Phi) is 4.07. The molecular formula is C10H10Cl2N2O. The SMILES string of the molecule is COc1cc(Cl)c(CN(C)C#N)cc1Cl. The molecule has 0 radical (unpaired) electrons. The van der Waals surface area contributed by atoms with Gasteiger partial charge in [-0.05, 0) is 11.6 Å². The zero-order valence-corrected chi connectivity index (χ0v) is 9.93. The summed E-state index contributed by atoms with van der Waals surface area (Å²) in [5, 5.41) is 9.66. The molecule has 80 valence electrons. The predicted molar refractivity (Wildman–Crippen MR) is 60.1 cm³/mol. The van der Waals surface area contributed by atoms with Crippen LogP contribution in [0, 0.1) is 11.5 Å². The lowest BCUT2D eigenvalue weighted by atomic mass is 10.2. The summed E-state index contributed by atoms with van der Waals surface area (Å²) in [6, 6.07) is 3.35. The fourth-order valence-electron chi connectivity index (χ4n) is 1.14. The van der Waals surface area contributed by atoms with E-state index in [9.17, 15) is 0 Å². The summed E-state index contributed by atoms with van der Waals surface area (Å²) in [5.74, 6) is 0.532. The van der Waals surface area contributed by atoms with E-state index in [4.69, 9.17) is 33.2 Å².